The van der Waals surface area contributed by atoms with Gasteiger partial charge in [-0.2, -0.15) is 4.98 Å². The Morgan fingerprint density at radius 1 is 1.64 bits per heavy atom. The topological polar surface area (TPSA) is 60.2 Å². The molecule has 1 aromatic rings. The first kappa shape index (κ1) is 9.61. The second-order valence-corrected chi connectivity index (χ2v) is 3.94. The van der Waals surface area contributed by atoms with E-state index in [1.165, 1.54) is 0 Å². The van der Waals surface area contributed by atoms with Gasteiger partial charge in [0.25, 0.3) is 0 Å². The summed E-state index contributed by atoms with van der Waals surface area (Å²) >= 11 is 0. The van der Waals surface area contributed by atoms with E-state index in [4.69, 9.17) is 9.26 Å². The first-order valence-corrected chi connectivity index (χ1v) is 4.77. The molecular formula is C9H15N3O2. The fourth-order valence-corrected chi connectivity index (χ4v) is 1.69. The van der Waals surface area contributed by atoms with E-state index in [0.717, 1.165) is 25.4 Å². The zero-order chi connectivity index (χ0) is 10.0. The lowest BCUT2D eigenvalue weighted by Gasteiger charge is -2.15. The van der Waals surface area contributed by atoms with Gasteiger partial charge < -0.3 is 14.6 Å². The monoisotopic (exact) mass is 197 g/mol. The molecule has 5 nitrogen and oxygen atoms in total. The predicted octanol–water partition coefficient (Wildman–Crippen LogP) is 0.467. The van der Waals surface area contributed by atoms with Crippen LogP contribution in [0.5, 0.6) is 0 Å². The van der Waals surface area contributed by atoms with Crippen LogP contribution in [-0.4, -0.2) is 30.3 Å². The number of nitrogens with zero attached hydrogens (tertiary/aromatic N) is 2. The molecule has 5 heteroatoms. The van der Waals surface area contributed by atoms with E-state index in [0.29, 0.717) is 12.4 Å². The largest absolute Gasteiger partial charge is 0.377 e. The minimum absolute atomic E-state index is 0.00100. The molecule has 2 rings (SSSR count). The fraction of sp³-hybridized carbons (Fsp3) is 0.778. The SMILES string of the molecule is COCc1noc(C2(C)CCNC2)n1. The normalized spacial score (nSPS) is 27.0. The summed E-state index contributed by atoms with van der Waals surface area (Å²) in [6.45, 7) is 4.46. The Labute approximate surface area is 82.8 Å². The van der Waals surface area contributed by atoms with Crippen molar-refractivity contribution in [3.63, 3.8) is 0 Å². The lowest BCUT2D eigenvalue weighted by molar-refractivity contribution is 0.174. The summed E-state index contributed by atoms with van der Waals surface area (Å²) < 4.78 is 10.2. The molecule has 0 radical (unpaired) electrons. The first-order valence-electron chi connectivity index (χ1n) is 4.77. The number of hydrogen-bond donors (Lipinski definition) is 1. The smallest absolute Gasteiger partial charge is 0.234 e. The second-order valence-electron chi connectivity index (χ2n) is 3.94. The number of aromatic nitrogens is 2. The molecule has 0 amide bonds. The Kier molecular flexibility index (Phi) is 2.52. The Morgan fingerprint density at radius 2 is 2.50 bits per heavy atom. The van der Waals surface area contributed by atoms with Crippen molar-refractivity contribution < 1.29 is 9.26 Å². The minimum Gasteiger partial charge on any atom is -0.377 e. The van der Waals surface area contributed by atoms with Crippen molar-refractivity contribution in [3.8, 4) is 0 Å². The lowest BCUT2D eigenvalue weighted by Crippen LogP contribution is -2.25. The van der Waals surface area contributed by atoms with E-state index in [9.17, 15) is 0 Å². The quantitative estimate of drug-likeness (QED) is 0.763. The molecule has 0 bridgehead atoms. The molecule has 0 aromatic carbocycles. The molecule has 0 aliphatic carbocycles. The van der Waals surface area contributed by atoms with Crippen LogP contribution in [0.15, 0.2) is 4.52 Å². The molecule has 14 heavy (non-hydrogen) atoms. The third-order valence-electron chi connectivity index (χ3n) is 2.63. The highest BCUT2D eigenvalue weighted by molar-refractivity contribution is 5.07. The Morgan fingerprint density at radius 3 is 3.14 bits per heavy atom. The Hall–Kier alpha value is -0.940. The lowest BCUT2D eigenvalue weighted by atomic mass is 9.90. The van der Waals surface area contributed by atoms with Gasteiger partial charge in [-0.15, -0.1) is 0 Å². The van der Waals surface area contributed by atoms with Gasteiger partial charge >= 0.3 is 0 Å². The van der Waals surface area contributed by atoms with Crippen LogP contribution in [0.1, 0.15) is 25.1 Å². The summed E-state index contributed by atoms with van der Waals surface area (Å²) in [7, 11) is 1.62. The average Bonchev–Trinajstić information content (AvgIpc) is 2.75. The molecule has 1 saturated heterocycles. The van der Waals surface area contributed by atoms with E-state index in [2.05, 4.69) is 22.4 Å². The van der Waals surface area contributed by atoms with E-state index in [1.807, 2.05) is 0 Å². The highest BCUT2D eigenvalue weighted by Gasteiger charge is 2.35. The van der Waals surface area contributed by atoms with Gasteiger partial charge in [0.05, 0.1) is 5.41 Å². The molecular weight excluding hydrogens is 182 g/mol. The van der Waals surface area contributed by atoms with Crippen LogP contribution >= 0.6 is 0 Å². The van der Waals surface area contributed by atoms with Crippen molar-refractivity contribution >= 4 is 0 Å². The minimum atomic E-state index is -0.00100. The summed E-state index contributed by atoms with van der Waals surface area (Å²) in [6, 6.07) is 0. The maximum Gasteiger partial charge on any atom is 0.234 e. The van der Waals surface area contributed by atoms with Crippen LogP contribution in [0.3, 0.4) is 0 Å². The molecule has 1 atom stereocenters. The van der Waals surface area contributed by atoms with Gasteiger partial charge in [-0.25, -0.2) is 0 Å². The summed E-state index contributed by atoms with van der Waals surface area (Å²) in [5.41, 5.74) is -0.00100. The van der Waals surface area contributed by atoms with Crippen molar-refractivity contribution in [2.24, 2.45) is 0 Å². The van der Waals surface area contributed by atoms with Crippen molar-refractivity contribution in [1.29, 1.82) is 0 Å². The van der Waals surface area contributed by atoms with Gasteiger partial charge in [0.1, 0.15) is 6.61 Å². The number of nitrogens with one attached hydrogen (secondary N) is 1. The molecule has 1 fully saturated rings. The second kappa shape index (κ2) is 3.67. The number of ether oxygens (including phenoxy) is 1. The van der Waals surface area contributed by atoms with Crippen LogP contribution < -0.4 is 5.32 Å². The molecule has 1 aliphatic rings. The maximum absolute atomic E-state index is 5.22. The molecule has 78 valence electrons. The van der Waals surface area contributed by atoms with E-state index >= 15 is 0 Å². The van der Waals surface area contributed by atoms with Gasteiger partial charge in [0.2, 0.25) is 5.89 Å². The van der Waals surface area contributed by atoms with Crippen molar-refractivity contribution in [3.05, 3.63) is 11.7 Å². The molecule has 1 aliphatic heterocycles. The van der Waals surface area contributed by atoms with Gasteiger partial charge in [-0.1, -0.05) is 5.16 Å². The molecule has 0 saturated carbocycles. The molecule has 0 spiro atoms. The van der Waals surface area contributed by atoms with Crippen LogP contribution in [-0.2, 0) is 16.8 Å². The zero-order valence-corrected chi connectivity index (χ0v) is 8.54. The van der Waals surface area contributed by atoms with E-state index in [1.54, 1.807) is 7.11 Å². The van der Waals surface area contributed by atoms with Crippen molar-refractivity contribution in [2.45, 2.75) is 25.4 Å². The predicted molar refractivity (Wildman–Crippen MR) is 49.8 cm³/mol. The third kappa shape index (κ3) is 1.65. The molecule has 2 heterocycles. The molecule has 1 aromatic heterocycles. The Bertz CT molecular complexity index is 305. The number of rotatable bonds is 3. The van der Waals surface area contributed by atoms with Crippen molar-refractivity contribution in [2.75, 3.05) is 20.2 Å². The van der Waals surface area contributed by atoms with Gasteiger partial charge in [0, 0.05) is 13.7 Å². The van der Waals surface area contributed by atoms with E-state index < -0.39 is 0 Å². The highest BCUT2D eigenvalue weighted by Crippen LogP contribution is 2.28. The van der Waals surface area contributed by atoms with Crippen LogP contribution in [0.2, 0.25) is 0 Å². The standard InChI is InChI=1S/C9H15N3O2/c1-9(3-4-10-6-9)8-11-7(5-13-2)12-14-8/h10H,3-6H2,1-2H3. The van der Waals surface area contributed by atoms with Crippen molar-refractivity contribution in [1.82, 2.24) is 15.5 Å². The fourth-order valence-electron chi connectivity index (χ4n) is 1.69. The third-order valence-corrected chi connectivity index (χ3v) is 2.63. The zero-order valence-electron chi connectivity index (χ0n) is 8.54. The van der Waals surface area contributed by atoms with E-state index in [-0.39, 0.29) is 5.41 Å². The molecule has 1 unspecified atom stereocenters. The van der Waals surface area contributed by atoms with Crippen LogP contribution in [0.4, 0.5) is 0 Å². The van der Waals surface area contributed by atoms with Gasteiger partial charge in [-0.05, 0) is 19.9 Å². The van der Waals surface area contributed by atoms with Gasteiger partial charge in [-0.3, -0.25) is 0 Å². The summed E-state index contributed by atoms with van der Waals surface area (Å²) in [5, 5.41) is 7.15. The van der Waals surface area contributed by atoms with Gasteiger partial charge in [0.15, 0.2) is 5.82 Å². The Balaban J connectivity index is 2.15. The summed E-state index contributed by atoms with van der Waals surface area (Å²) in [5.74, 6) is 1.34. The average molecular weight is 197 g/mol. The van der Waals surface area contributed by atoms with Crippen LogP contribution in [0, 0.1) is 0 Å². The van der Waals surface area contributed by atoms with Crippen LogP contribution in [0.25, 0.3) is 0 Å². The first-order chi connectivity index (χ1) is 6.74. The maximum atomic E-state index is 5.22. The summed E-state index contributed by atoms with van der Waals surface area (Å²) in [4.78, 5) is 4.31. The number of hydrogen-bond acceptors (Lipinski definition) is 5. The summed E-state index contributed by atoms with van der Waals surface area (Å²) in [6.07, 6.45) is 1.04. The number of methoxy groups -OCH3 is 1. The highest BCUT2D eigenvalue weighted by atomic mass is 16.5. The molecule has 1 N–H and O–H groups in total.